The van der Waals surface area contributed by atoms with Gasteiger partial charge in [-0.2, -0.15) is 0 Å². The summed E-state index contributed by atoms with van der Waals surface area (Å²) in [6.45, 7) is 3.10. The molecule has 0 saturated carbocycles. The lowest BCUT2D eigenvalue weighted by atomic mass is 10.0. The molecule has 2 heterocycles. The molecular formula is C22H25NO5. The smallest absolute Gasteiger partial charge is 0.310 e. The SMILES string of the molecule is COC(=O)Cc1coc2cc3ccc(OCCNC4CCOCC4)cc3cc12. The Balaban J connectivity index is 1.43. The van der Waals surface area contributed by atoms with Gasteiger partial charge in [0.1, 0.15) is 17.9 Å². The number of fused-ring (bicyclic) bond motifs is 2. The molecule has 0 spiro atoms. The van der Waals surface area contributed by atoms with Crippen molar-refractivity contribution in [1.29, 1.82) is 0 Å². The second kappa shape index (κ2) is 8.63. The summed E-state index contributed by atoms with van der Waals surface area (Å²) in [6.07, 6.45) is 3.94. The van der Waals surface area contributed by atoms with E-state index in [9.17, 15) is 4.79 Å². The molecule has 1 N–H and O–H groups in total. The maximum Gasteiger partial charge on any atom is 0.310 e. The van der Waals surface area contributed by atoms with Crippen LogP contribution in [0.25, 0.3) is 21.7 Å². The van der Waals surface area contributed by atoms with Gasteiger partial charge in [0.15, 0.2) is 0 Å². The predicted octanol–water partition coefficient (Wildman–Crippen LogP) is 3.45. The van der Waals surface area contributed by atoms with Gasteiger partial charge in [-0.25, -0.2) is 0 Å². The molecule has 1 aliphatic heterocycles. The first kappa shape index (κ1) is 18.8. The normalized spacial score (nSPS) is 15.2. The highest BCUT2D eigenvalue weighted by Crippen LogP contribution is 2.29. The van der Waals surface area contributed by atoms with Gasteiger partial charge >= 0.3 is 5.97 Å². The van der Waals surface area contributed by atoms with E-state index in [1.807, 2.05) is 30.3 Å². The Bertz CT molecular complexity index is 958. The molecule has 1 saturated heterocycles. The van der Waals surface area contributed by atoms with E-state index >= 15 is 0 Å². The highest BCUT2D eigenvalue weighted by atomic mass is 16.5. The molecule has 28 heavy (non-hydrogen) atoms. The Hall–Kier alpha value is -2.57. The van der Waals surface area contributed by atoms with E-state index in [-0.39, 0.29) is 12.4 Å². The Morgan fingerprint density at radius 1 is 1.18 bits per heavy atom. The minimum absolute atomic E-state index is 0.197. The standard InChI is InChI=1S/C22H25NO5/c1-25-22(24)13-17-14-28-21-12-15-2-3-19(10-16(15)11-20(17)21)27-9-6-23-18-4-7-26-8-5-18/h2-3,10-12,14,18,23H,4-9,13H2,1H3. The second-order valence-corrected chi connectivity index (χ2v) is 7.06. The first-order valence-electron chi connectivity index (χ1n) is 9.67. The number of esters is 1. The van der Waals surface area contributed by atoms with Crippen LogP contribution < -0.4 is 10.1 Å². The van der Waals surface area contributed by atoms with Gasteiger partial charge in [-0.15, -0.1) is 0 Å². The molecule has 0 amide bonds. The van der Waals surface area contributed by atoms with E-state index in [2.05, 4.69) is 5.32 Å². The monoisotopic (exact) mass is 383 g/mol. The molecule has 4 rings (SSSR count). The van der Waals surface area contributed by atoms with Crippen molar-refractivity contribution >= 4 is 27.7 Å². The fourth-order valence-corrected chi connectivity index (χ4v) is 3.59. The first-order chi connectivity index (χ1) is 13.7. The summed E-state index contributed by atoms with van der Waals surface area (Å²) < 4.78 is 21.7. The van der Waals surface area contributed by atoms with E-state index in [1.54, 1.807) is 6.26 Å². The fraction of sp³-hybridized carbons (Fsp3) is 0.409. The maximum atomic E-state index is 11.6. The molecule has 1 aliphatic rings. The largest absolute Gasteiger partial charge is 0.492 e. The number of nitrogens with one attached hydrogen (secondary N) is 1. The molecule has 0 aliphatic carbocycles. The van der Waals surface area contributed by atoms with Crippen LogP contribution in [-0.4, -0.2) is 45.5 Å². The average Bonchev–Trinajstić information content (AvgIpc) is 3.11. The third-order valence-electron chi connectivity index (χ3n) is 5.17. The van der Waals surface area contributed by atoms with Gasteiger partial charge < -0.3 is 23.9 Å². The fourth-order valence-electron chi connectivity index (χ4n) is 3.59. The second-order valence-electron chi connectivity index (χ2n) is 7.06. The average molecular weight is 383 g/mol. The summed E-state index contributed by atoms with van der Waals surface area (Å²) in [7, 11) is 1.39. The topological polar surface area (TPSA) is 69.9 Å². The molecule has 1 fully saturated rings. The summed E-state index contributed by atoms with van der Waals surface area (Å²) >= 11 is 0. The van der Waals surface area contributed by atoms with Gasteiger partial charge in [-0.05, 0) is 47.9 Å². The van der Waals surface area contributed by atoms with Crippen molar-refractivity contribution in [2.45, 2.75) is 25.3 Å². The summed E-state index contributed by atoms with van der Waals surface area (Å²) in [6, 6.07) is 10.6. The van der Waals surface area contributed by atoms with Crippen molar-refractivity contribution in [1.82, 2.24) is 5.32 Å². The lowest BCUT2D eigenvalue weighted by Crippen LogP contribution is -2.37. The van der Waals surface area contributed by atoms with Crippen LogP contribution in [0, 0.1) is 0 Å². The molecule has 0 radical (unpaired) electrons. The lowest BCUT2D eigenvalue weighted by molar-refractivity contribution is -0.139. The highest BCUT2D eigenvalue weighted by molar-refractivity contribution is 5.98. The lowest BCUT2D eigenvalue weighted by Gasteiger charge is -2.23. The van der Waals surface area contributed by atoms with E-state index in [0.29, 0.717) is 12.6 Å². The predicted molar refractivity (Wildman–Crippen MR) is 107 cm³/mol. The quantitative estimate of drug-likeness (QED) is 0.498. The molecule has 0 atom stereocenters. The Kier molecular flexibility index (Phi) is 5.78. The molecule has 148 valence electrons. The molecular weight excluding hydrogens is 358 g/mol. The minimum Gasteiger partial charge on any atom is -0.492 e. The molecule has 3 aromatic rings. The third-order valence-corrected chi connectivity index (χ3v) is 5.17. The molecule has 6 nitrogen and oxygen atoms in total. The zero-order valence-electron chi connectivity index (χ0n) is 16.0. The maximum absolute atomic E-state index is 11.6. The highest BCUT2D eigenvalue weighted by Gasteiger charge is 2.13. The van der Waals surface area contributed by atoms with Crippen molar-refractivity contribution in [2.75, 3.05) is 33.5 Å². The van der Waals surface area contributed by atoms with E-state index in [0.717, 1.165) is 65.7 Å². The molecule has 6 heteroatoms. The molecule has 2 aromatic carbocycles. The number of carbonyl (C=O) groups is 1. The molecule has 0 bridgehead atoms. The number of methoxy groups -OCH3 is 1. The van der Waals surface area contributed by atoms with Gasteiger partial charge in [0, 0.05) is 36.8 Å². The van der Waals surface area contributed by atoms with Crippen molar-refractivity contribution in [3.8, 4) is 5.75 Å². The Morgan fingerprint density at radius 2 is 2.04 bits per heavy atom. The minimum atomic E-state index is -0.281. The van der Waals surface area contributed by atoms with Crippen LogP contribution >= 0.6 is 0 Å². The summed E-state index contributed by atoms with van der Waals surface area (Å²) in [5.74, 6) is 0.551. The van der Waals surface area contributed by atoms with E-state index < -0.39 is 0 Å². The van der Waals surface area contributed by atoms with E-state index in [4.69, 9.17) is 18.6 Å². The van der Waals surface area contributed by atoms with Crippen molar-refractivity contribution < 1.29 is 23.4 Å². The van der Waals surface area contributed by atoms with Crippen molar-refractivity contribution in [2.24, 2.45) is 0 Å². The van der Waals surface area contributed by atoms with Crippen molar-refractivity contribution in [3.05, 3.63) is 42.2 Å². The number of carbonyl (C=O) groups excluding carboxylic acids is 1. The van der Waals surface area contributed by atoms with Gasteiger partial charge in [-0.3, -0.25) is 4.79 Å². The van der Waals surface area contributed by atoms with Gasteiger partial charge in [0.25, 0.3) is 0 Å². The van der Waals surface area contributed by atoms with Gasteiger partial charge in [0.2, 0.25) is 0 Å². The van der Waals surface area contributed by atoms with E-state index in [1.165, 1.54) is 7.11 Å². The van der Waals surface area contributed by atoms with Crippen molar-refractivity contribution in [3.63, 3.8) is 0 Å². The first-order valence-corrected chi connectivity index (χ1v) is 9.67. The number of hydrogen-bond acceptors (Lipinski definition) is 6. The van der Waals surface area contributed by atoms with Crippen LogP contribution in [0.1, 0.15) is 18.4 Å². The van der Waals surface area contributed by atoms with Crippen LogP contribution in [-0.2, 0) is 20.7 Å². The molecule has 1 aromatic heterocycles. The number of furan rings is 1. The Morgan fingerprint density at radius 3 is 2.86 bits per heavy atom. The van der Waals surface area contributed by atoms with Crippen LogP contribution in [0.2, 0.25) is 0 Å². The number of ether oxygens (including phenoxy) is 3. The summed E-state index contributed by atoms with van der Waals surface area (Å²) in [5, 5.41) is 6.57. The summed E-state index contributed by atoms with van der Waals surface area (Å²) in [5.41, 5.74) is 1.59. The Labute approximate surface area is 163 Å². The van der Waals surface area contributed by atoms with Gasteiger partial charge in [-0.1, -0.05) is 6.07 Å². The van der Waals surface area contributed by atoms with Crippen LogP contribution in [0.15, 0.2) is 41.0 Å². The number of rotatable bonds is 7. The van der Waals surface area contributed by atoms with Crippen LogP contribution in [0.4, 0.5) is 0 Å². The molecule has 0 unspecified atom stereocenters. The zero-order valence-corrected chi connectivity index (χ0v) is 16.0. The van der Waals surface area contributed by atoms with Crippen LogP contribution in [0.5, 0.6) is 5.75 Å². The number of benzene rings is 2. The third kappa shape index (κ3) is 4.29. The van der Waals surface area contributed by atoms with Gasteiger partial charge in [0.05, 0.1) is 19.8 Å². The van der Waals surface area contributed by atoms with Crippen LogP contribution in [0.3, 0.4) is 0 Å². The zero-order chi connectivity index (χ0) is 19.3. The number of hydrogen-bond donors (Lipinski definition) is 1. The summed E-state index contributed by atoms with van der Waals surface area (Å²) in [4.78, 5) is 11.6.